The molecule has 25 heavy (non-hydrogen) atoms. The van der Waals surface area contributed by atoms with Gasteiger partial charge in [0.25, 0.3) is 0 Å². The number of nitrogens with zero attached hydrogens (tertiary/aromatic N) is 4. The fourth-order valence-corrected chi connectivity index (χ4v) is 3.30. The quantitative estimate of drug-likeness (QED) is 0.801. The number of rotatable bonds is 3. The molecule has 1 aromatic carbocycles. The SMILES string of the molecule is CC1Cc2ccccc2N1C(=O)NCc1cccnc1-n1cccn1. The number of fused-ring (bicyclic) bond motifs is 1. The fraction of sp³-hybridized carbons (Fsp3) is 0.211. The van der Waals surface area contributed by atoms with Gasteiger partial charge in [-0.25, -0.2) is 14.5 Å². The molecule has 126 valence electrons. The number of nitrogens with one attached hydrogen (secondary N) is 1. The number of hydrogen-bond donors (Lipinski definition) is 1. The molecule has 6 heteroatoms. The predicted molar refractivity (Wildman–Crippen MR) is 95.7 cm³/mol. The average molecular weight is 333 g/mol. The minimum atomic E-state index is -0.0901. The lowest BCUT2D eigenvalue weighted by molar-refractivity contribution is 0.244. The third kappa shape index (κ3) is 2.87. The summed E-state index contributed by atoms with van der Waals surface area (Å²) in [5.74, 6) is 0.725. The lowest BCUT2D eigenvalue weighted by Gasteiger charge is -2.23. The fourth-order valence-electron chi connectivity index (χ4n) is 3.30. The largest absolute Gasteiger partial charge is 0.333 e. The standard InChI is InChI=1S/C19H19N5O/c1-14-12-15-6-2-3-8-17(15)24(14)19(25)21-13-16-7-4-9-20-18(16)23-11-5-10-22-23/h2-11,14H,12-13H2,1H3,(H,21,25). The topological polar surface area (TPSA) is 63.1 Å². The van der Waals surface area contributed by atoms with Gasteiger partial charge in [-0.2, -0.15) is 5.10 Å². The van der Waals surface area contributed by atoms with Crippen LogP contribution in [-0.2, 0) is 13.0 Å². The second-order valence-electron chi connectivity index (χ2n) is 6.15. The number of carbonyl (C=O) groups excluding carboxylic acids is 1. The first-order valence-corrected chi connectivity index (χ1v) is 8.33. The predicted octanol–water partition coefficient (Wildman–Crippen LogP) is 2.93. The summed E-state index contributed by atoms with van der Waals surface area (Å²) in [6.07, 6.45) is 6.16. The van der Waals surface area contributed by atoms with Gasteiger partial charge in [0.1, 0.15) is 0 Å². The number of aromatic nitrogens is 3. The van der Waals surface area contributed by atoms with Crippen molar-refractivity contribution in [2.75, 3.05) is 4.90 Å². The van der Waals surface area contributed by atoms with E-state index in [4.69, 9.17) is 0 Å². The molecule has 0 spiro atoms. The zero-order valence-electron chi connectivity index (χ0n) is 14.0. The first kappa shape index (κ1) is 15.4. The Morgan fingerprint density at radius 3 is 2.92 bits per heavy atom. The Morgan fingerprint density at radius 2 is 2.08 bits per heavy atom. The van der Waals surface area contributed by atoms with E-state index in [9.17, 15) is 4.79 Å². The van der Waals surface area contributed by atoms with E-state index < -0.39 is 0 Å². The van der Waals surface area contributed by atoms with E-state index >= 15 is 0 Å². The van der Waals surface area contributed by atoms with Crippen LogP contribution in [0.25, 0.3) is 5.82 Å². The highest BCUT2D eigenvalue weighted by atomic mass is 16.2. The Kier molecular flexibility index (Phi) is 3.93. The Labute approximate surface area is 146 Å². The maximum absolute atomic E-state index is 12.8. The van der Waals surface area contributed by atoms with Crippen molar-refractivity contribution in [3.8, 4) is 5.82 Å². The van der Waals surface area contributed by atoms with E-state index in [1.165, 1.54) is 5.56 Å². The molecule has 4 rings (SSSR count). The smallest absolute Gasteiger partial charge is 0.322 e. The van der Waals surface area contributed by atoms with Gasteiger partial charge in [0.15, 0.2) is 5.82 Å². The summed E-state index contributed by atoms with van der Waals surface area (Å²) in [5.41, 5.74) is 3.12. The first-order valence-electron chi connectivity index (χ1n) is 8.33. The number of carbonyl (C=O) groups is 1. The van der Waals surface area contributed by atoms with Crippen molar-refractivity contribution in [3.05, 3.63) is 72.2 Å². The lowest BCUT2D eigenvalue weighted by atomic mass is 10.1. The van der Waals surface area contributed by atoms with Crippen LogP contribution >= 0.6 is 0 Å². The Bertz CT molecular complexity index is 890. The minimum absolute atomic E-state index is 0.0901. The molecule has 0 fully saturated rings. The summed E-state index contributed by atoms with van der Waals surface area (Å²) in [6, 6.07) is 13.8. The van der Waals surface area contributed by atoms with Gasteiger partial charge < -0.3 is 5.32 Å². The van der Waals surface area contributed by atoms with E-state index in [1.807, 2.05) is 47.5 Å². The van der Waals surface area contributed by atoms with Crippen molar-refractivity contribution in [1.29, 1.82) is 0 Å². The van der Waals surface area contributed by atoms with Crippen molar-refractivity contribution in [1.82, 2.24) is 20.1 Å². The van der Waals surface area contributed by atoms with Crippen LogP contribution in [0.2, 0.25) is 0 Å². The molecule has 0 bridgehead atoms. The molecule has 3 heterocycles. The van der Waals surface area contributed by atoms with Gasteiger partial charge in [0.05, 0.1) is 0 Å². The number of anilines is 1. The molecule has 1 aliphatic heterocycles. The van der Waals surface area contributed by atoms with Crippen molar-refractivity contribution in [2.45, 2.75) is 25.9 Å². The summed E-state index contributed by atoms with van der Waals surface area (Å²) >= 11 is 0. The van der Waals surface area contributed by atoms with E-state index in [0.717, 1.165) is 23.5 Å². The van der Waals surface area contributed by atoms with Crippen molar-refractivity contribution >= 4 is 11.7 Å². The first-order chi connectivity index (χ1) is 12.2. The van der Waals surface area contributed by atoms with Crippen molar-refractivity contribution in [2.24, 2.45) is 0 Å². The molecule has 2 aromatic heterocycles. The van der Waals surface area contributed by atoms with Gasteiger partial charge >= 0.3 is 6.03 Å². The Morgan fingerprint density at radius 1 is 1.20 bits per heavy atom. The highest BCUT2D eigenvalue weighted by Gasteiger charge is 2.30. The van der Waals surface area contributed by atoms with Crippen LogP contribution in [0, 0.1) is 0 Å². The summed E-state index contributed by atoms with van der Waals surface area (Å²) in [7, 11) is 0. The lowest BCUT2D eigenvalue weighted by Crippen LogP contribution is -2.43. The Balaban J connectivity index is 1.52. The summed E-state index contributed by atoms with van der Waals surface area (Å²) in [6.45, 7) is 2.46. The van der Waals surface area contributed by atoms with Gasteiger partial charge in [-0.3, -0.25) is 4.90 Å². The van der Waals surface area contributed by atoms with E-state index in [-0.39, 0.29) is 12.1 Å². The second-order valence-corrected chi connectivity index (χ2v) is 6.15. The Hall–Kier alpha value is -3.15. The molecule has 1 unspecified atom stereocenters. The minimum Gasteiger partial charge on any atom is -0.333 e. The zero-order valence-corrected chi connectivity index (χ0v) is 14.0. The maximum atomic E-state index is 12.8. The van der Waals surface area contributed by atoms with Gasteiger partial charge in [0, 0.05) is 42.4 Å². The molecule has 6 nitrogen and oxygen atoms in total. The summed E-state index contributed by atoms with van der Waals surface area (Å²) < 4.78 is 1.70. The molecule has 1 aliphatic rings. The van der Waals surface area contributed by atoms with Gasteiger partial charge in [-0.1, -0.05) is 24.3 Å². The van der Waals surface area contributed by atoms with Crippen molar-refractivity contribution < 1.29 is 4.79 Å². The van der Waals surface area contributed by atoms with Crippen LogP contribution in [0.15, 0.2) is 61.1 Å². The molecule has 1 N–H and O–H groups in total. The average Bonchev–Trinajstić information content (AvgIpc) is 3.27. The van der Waals surface area contributed by atoms with Crippen LogP contribution in [0.3, 0.4) is 0 Å². The molecule has 0 aliphatic carbocycles. The van der Waals surface area contributed by atoms with Crippen LogP contribution in [0.1, 0.15) is 18.1 Å². The number of hydrogen-bond acceptors (Lipinski definition) is 3. The van der Waals surface area contributed by atoms with Crippen LogP contribution in [0.4, 0.5) is 10.5 Å². The summed E-state index contributed by atoms with van der Waals surface area (Å²) in [5, 5.41) is 7.24. The van der Waals surface area contributed by atoms with E-state index in [2.05, 4.69) is 28.4 Å². The molecular weight excluding hydrogens is 314 g/mol. The summed E-state index contributed by atoms with van der Waals surface area (Å²) in [4.78, 5) is 19.0. The van der Waals surface area contributed by atoms with E-state index in [0.29, 0.717) is 6.54 Å². The monoisotopic (exact) mass is 333 g/mol. The van der Waals surface area contributed by atoms with Gasteiger partial charge in [-0.15, -0.1) is 0 Å². The van der Waals surface area contributed by atoms with Gasteiger partial charge in [0.2, 0.25) is 0 Å². The van der Waals surface area contributed by atoms with Crippen LogP contribution in [-0.4, -0.2) is 26.8 Å². The third-order valence-electron chi connectivity index (χ3n) is 4.45. The van der Waals surface area contributed by atoms with Crippen LogP contribution in [0.5, 0.6) is 0 Å². The molecule has 0 radical (unpaired) electrons. The molecule has 0 saturated carbocycles. The van der Waals surface area contributed by atoms with Gasteiger partial charge in [-0.05, 0) is 37.1 Å². The van der Waals surface area contributed by atoms with Crippen LogP contribution < -0.4 is 10.2 Å². The zero-order chi connectivity index (χ0) is 17.2. The molecule has 0 saturated heterocycles. The number of urea groups is 1. The number of pyridine rings is 1. The highest BCUT2D eigenvalue weighted by Crippen LogP contribution is 2.31. The molecular formula is C19H19N5O. The number of para-hydroxylation sites is 1. The normalized spacial score (nSPS) is 15.9. The maximum Gasteiger partial charge on any atom is 0.322 e. The van der Waals surface area contributed by atoms with Crippen molar-refractivity contribution in [3.63, 3.8) is 0 Å². The molecule has 3 aromatic rings. The number of benzene rings is 1. The number of amides is 2. The molecule has 1 atom stereocenters. The highest BCUT2D eigenvalue weighted by molar-refractivity contribution is 5.94. The second kappa shape index (κ2) is 6.39. The van der Waals surface area contributed by atoms with E-state index in [1.54, 1.807) is 17.1 Å². The third-order valence-corrected chi connectivity index (χ3v) is 4.45. The molecule has 2 amide bonds.